The molecule has 1 aliphatic rings. The predicted molar refractivity (Wildman–Crippen MR) is 56.8 cm³/mol. The Morgan fingerprint density at radius 2 is 2.24 bits per heavy atom. The van der Waals surface area contributed by atoms with Crippen molar-refractivity contribution in [2.24, 2.45) is 0 Å². The molecule has 1 aromatic rings. The SMILES string of the molecule is Cc1cn([C@H]2CC[C@@H](C(=O)O)O2)c(=O)[nH]c1=O. The minimum atomic E-state index is -1.04. The Morgan fingerprint density at radius 1 is 1.53 bits per heavy atom. The lowest BCUT2D eigenvalue weighted by atomic mass is 10.2. The molecule has 1 fully saturated rings. The molecule has 0 aliphatic carbocycles. The third-order valence-electron chi connectivity index (χ3n) is 2.73. The maximum absolute atomic E-state index is 11.5. The Hall–Kier alpha value is -1.89. The number of nitrogens with one attached hydrogen (secondary N) is 1. The lowest BCUT2D eigenvalue weighted by molar-refractivity contribution is -0.151. The summed E-state index contributed by atoms with van der Waals surface area (Å²) >= 11 is 0. The van der Waals surface area contributed by atoms with Gasteiger partial charge < -0.3 is 9.84 Å². The van der Waals surface area contributed by atoms with Gasteiger partial charge in [-0.15, -0.1) is 0 Å². The van der Waals surface area contributed by atoms with Gasteiger partial charge in [-0.25, -0.2) is 9.59 Å². The van der Waals surface area contributed by atoms with Crippen molar-refractivity contribution in [1.29, 1.82) is 0 Å². The second-order valence-corrected chi connectivity index (χ2v) is 3.97. The summed E-state index contributed by atoms with van der Waals surface area (Å²) in [6.45, 7) is 1.57. The van der Waals surface area contributed by atoms with Crippen LogP contribution in [0.5, 0.6) is 0 Å². The fraction of sp³-hybridized carbons (Fsp3) is 0.500. The lowest BCUT2D eigenvalue weighted by Gasteiger charge is -2.14. The molecule has 2 rings (SSSR count). The van der Waals surface area contributed by atoms with E-state index >= 15 is 0 Å². The average molecular weight is 240 g/mol. The van der Waals surface area contributed by atoms with Crippen LogP contribution in [0, 0.1) is 6.92 Å². The fourth-order valence-electron chi connectivity index (χ4n) is 1.81. The summed E-state index contributed by atoms with van der Waals surface area (Å²) in [4.78, 5) is 35.6. The van der Waals surface area contributed by atoms with Gasteiger partial charge in [-0.05, 0) is 19.8 Å². The van der Waals surface area contributed by atoms with Crippen molar-refractivity contribution in [2.45, 2.75) is 32.1 Å². The van der Waals surface area contributed by atoms with E-state index in [2.05, 4.69) is 4.98 Å². The van der Waals surface area contributed by atoms with Crippen LogP contribution in [0.4, 0.5) is 0 Å². The summed E-state index contributed by atoms with van der Waals surface area (Å²) in [6, 6.07) is 0. The minimum Gasteiger partial charge on any atom is -0.479 e. The number of H-pyrrole nitrogens is 1. The van der Waals surface area contributed by atoms with Gasteiger partial charge in [0.25, 0.3) is 5.56 Å². The maximum atomic E-state index is 11.5. The van der Waals surface area contributed by atoms with E-state index < -0.39 is 29.6 Å². The van der Waals surface area contributed by atoms with Crippen LogP contribution in [0.2, 0.25) is 0 Å². The number of aryl methyl sites for hydroxylation is 1. The van der Waals surface area contributed by atoms with Crippen LogP contribution in [0.25, 0.3) is 0 Å². The number of aliphatic carboxylic acids is 1. The first-order valence-electron chi connectivity index (χ1n) is 5.19. The van der Waals surface area contributed by atoms with Gasteiger partial charge in [-0.1, -0.05) is 0 Å². The van der Waals surface area contributed by atoms with Gasteiger partial charge in [-0.2, -0.15) is 0 Å². The number of carbonyl (C=O) groups is 1. The molecule has 2 N–H and O–H groups in total. The number of nitrogens with zero attached hydrogens (tertiary/aromatic N) is 1. The molecule has 7 nitrogen and oxygen atoms in total. The number of rotatable bonds is 2. The first-order valence-corrected chi connectivity index (χ1v) is 5.19. The van der Waals surface area contributed by atoms with Crippen molar-refractivity contribution in [3.8, 4) is 0 Å². The van der Waals surface area contributed by atoms with Gasteiger partial charge in [0.2, 0.25) is 0 Å². The number of ether oxygens (including phenoxy) is 1. The zero-order valence-electron chi connectivity index (χ0n) is 9.17. The zero-order valence-corrected chi connectivity index (χ0v) is 9.17. The molecule has 0 amide bonds. The molecular formula is C10H12N2O5. The van der Waals surface area contributed by atoms with E-state index in [-0.39, 0.29) is 0 Å². The van der Waals surface area contributed by atoms with Gasteiger partial charge in [0, 0.05) is 11.8 Å². The second kappa shape index (κ2) is 4.17. The average Bonchev–Trinajstić information content (AvgIpc) is 2.72. The molecule has 0 spiro atoms. The van der Waals surface area contributed by atoms with Gasteiger partial charge >= 0.3 is 11.7 Å². The molecular weight excluding hydrogens is 228 g/mol. The largest absolute Gasteiger partial charge is 0.479 e. The van der Waals surface area contributed by atoms with Crippen LogP contribution in [0.1, 0.15) is 24.6 Å². The highest BCUT2D eigenvalue weighted by molar-refractivity contribution is 5.72. The summed E-state index contributed by atoms with van der Waals surface area (Å²) < 4.78 is 6.45. The zero-order chi connectivity index (χ0) is 12.6. The number of carboxylic acids is 1. The number of aromatic amines is 1. The summed E-state index contributed by atoms with van der Waals surface area (Å²) in [5.41, 5.74) is -0.650. The number of hydrogen-bond acceptors (Lipinski definition) is 4. The highest BCUT2D eigenvalue weighted by atomic mass is 16.5. The normalized spacial score (nSPS) is 23.8. The van der Waals surface area contributed by atoms with E-state index in [1.54, 1.807) is 6.92 Å². The van der Waals surface area contributed by atoms with Crippen LogP contribution in [-0.2, 0) is 9.53 Å². The van der Waals surface area contributed by atoms with E-state index in [9.17, 15) is 14.4 Å². The first-order chi connectivity index (χ1) is 7.99. The molecule has 0 saturated carbocycles. The molecule has 0 bridgehead atoms. The number of aromatic nitrogens is 2. The van der Waals surface area contributed by atoms with Crippen molar-refractivity contribution in [3.05, 3.63) is 32.6 Å². The Morgan fingerprint density at radius 3 is 2.82 bits per heavy atom. The van der Waals surface area contributed by atoms with E-state index in [1.807, 2.05) is 0 Å². The Labute approximate surface area is 95.7 Å². The molecule has 1 aromatic heterocycles. The first kappa shape index (κ1) is 11.6. The quantitative estimate of drug-likeness (QED) is 0.732. The number of carboxylic acid groups (broad SMARTS) is 1. The van der Waals surface area contributed by atoms with Crippen LogP contribution in [-0.4, -0.2) is 26.7 Å². The van der Waals surface area contributed by atoms with Crippen molar-refractivity contribution in [2.75, 3.05) is 0 Å². The van der Waals surface area contributed by atoms with E-state index in [0.717, 1.165) is 0 Å². The Kier molecular flexibility index (Phi) is 2.84. The van der Waals surface area contributed by atoms with Crippen molar-refractivity contribution >= 4 is 5.97 Å². The topological polar surface area (TPSA) is 101 Å². The molecule has 0 unspecified atom stereocenters. The molecule has 1 saturated heterocycles. The lowest BCUT2D eigenvalue weighted by Crippen LogP contribution is -2.33. The van der Waals surface area contributed by atoms with Gasteiger partial charge in [0.15, 0.2) is 6.10 Å². The molecule has 2 atom stereocenters. The van der Waals surface area contributed by atoms with E-state index in [1.165, 1.54) is 10.8 Å². The van der Waals surface area contributed by atoms with Crippen LogP contribution < -0.4 is 11.2 Å². The molecule has 0 aromatic carbocycles. The van der Waals surface area contributed by atoms with E-state index in [4.69, 9.17) is 9.84 Å². The van der Waals surface area contributed by atoms with Gasteiger partial charge in [-0.3, -0.25) is 14.3 Å². The third kappa shape index (κ3) is 2.14. The summed E-state index contributed by atoms with van der Waals surface area (Å²) in [5, 5.41) is 8.78. The molecule has 92 valence electrons. The van der Waals surface area contributed by atoms with Crippen molar-refractivity contribution in [1.82, 2.24) is 9.55 Å². The third-order valence-corrected chi connectivity index (χ3v) is 2.73. The van der Waals surface area contributed by atoms with Gasteiger partial charge in [0.1, 0.15) is 6.23 Å². The van der Waals surface area contributed by atoms with Crippen LogP contribution in [0.15, 0.2) is 15.8 Å². The molecule has 1 aliphatic heterocycles. The highest BCUT2D eigenvalue weighted by Crippen LogP contribution is 2.26. The monoisotopic (exact) mass is 240 g/mol. The minimum absolute atomic E-state index is 0.352. The Bertz CT molecular complexity index is 559. The molecule has 0 radical (unpaired) electrons. The number of hydrogen-bond donors (Lipinski definition) is 2. The van der Waals surface area contributed by atoms with Crippen molar-refractivity contribution in [3.63, 3.8) is 0 Å². The summed E-state index contributed by atoms with van der Waals surface area (Å²) in [6.07, 6.45) is 0.654. The highest BCUT2D eigenvalue weighted by Gasteiger charge is 2.32. The predicted octanol–water partition coefficient (Wildman–Crippen LogP) is -0.393. The Balaban J connectivity index is 2.31. The standard InChI is InChI=1S/C10H12N2O5/c1-5-4-12(10(16)11-8(5)13)7-3-2-6(17-7)9(14)15/h4,6-7H,2-3H2,1H3,(H,14,15)(H,11,13,16)/t6-,7+/m0/s1. The smallest absolute Gasteiger partial charge is 0.332 e. The van der Waals surface area contributed by atoms with Crippen molar-refractivity contribution < 1.29 is 14.6 Å². The van der Waals surface area contributed by atoms with E-state index in [0.29, 0.717) is 18.4 Å². The molecule has 17 heavy (non-hydrogen) atoms. The fourth-order valence-corrected chi connectivity index (χ4v) is 1.81. The maximum Gasteiger partial charge on any atom is 0.332 e. The molecule has 2 heterocycles. The van der Waals surface area contributed by atoms with Crippen LogP contribution >= 0.6 is 0 Å². The van der Waals surface area contributed by atoms with Crippen LogP contribution in [0.3, 0.4) is 0 Å². The summed E-state index contributed by atoms with van der Waals surface area (Å²) in [5.74, 6) is -1.04. The van der Waals surface area contributed by atoms with Gasteiger partial charge in [0.05, 0.1) is 0 Å². The molecule has 7 heteroatoms. The second-order valence-electron chi connectivity index (χ2n) is 3.97. The summed E-state index contributed by atoms with van der Waals surface area (Å²) in [7, 11) is 0.